The highest BCUT2D eigenvalue weighted by atomic mass is 19.1. The van der Waals surface area contributed by atoms with Crippen LogP contribution >= 0.6 is 0 Å². The Kier molecular flexibility index (Phi) is 3.86. The standard InChI is InChI=1S/C22H19FN4O/c1-12-8-20(27-14-4-7-19(24-9-14)13-2-3-13)25-10-16(12)15-5-6-18(23)21-17(15)11-26-22(21)28/h4-10,13H,2-3,11H2,1H3,(H,25,27)(H,26,28). The zero-order valence-electron chi connectivity index (χ0n) is 15.4. The lowest BCUT2D eigenvalue weighted by Gasteiger charge is -2.13. The van der Waals surface area contributed by atoms with Crippen LogP contribution in [0.15, 0.2) is 42.7 Å². The molecule has 1 fully saturated rings. The Balaban J connectivity index is 1.43. The van der Waals surface area contributed by atoms with Gasteiger partial charge in [0.2, 0.25) is 0 Å². The summed E-state index contributed by atoms with van der Waals surface area (Å²) in [6.07, 6.45) is 6.06. The van der Waals surface area contributed by atoms with Crippen molar-refractivity contribution in [2.24, 2.45) is 0 Å². The lowest BCUT2D eigenvalue weighted by atomic mass is 9.95. The molecule has 0 bridgehead atoms. The van der Waals surface area contributed by atoms with Crippen molar-refractivity contribution in [3.05, 3.63) is 70.9 Å². The molecule has 5 nitrogen and oxygen atoms in total. The molecular formula is C22H19FN4O. The molecule has 1 aliphatic heterocycles. The molecule has 0 radical (unpaired) electrons. The summed E-state index contributed by atoms with van der Waals surface area (Å²) in [5.74, 6) is 0.503. The lowest BCUT2D eigenvalue weighted by Crippen LogP contribution is -2.13. The first-order chi connectivity index (χ1) is 13.6. The molecule has 2 aliphatic rings. The third-order valence-electron chi connectivity index (χ3n) is 5.37. The third-order valence-corrected chi connectivity index (χ3v) is 5.37. The van der Waals surface area contributed by atoms with E-state index in [0.717, 1.165) is 33.9 Å². The average Bonchev–Trinajstić information content (AvgIpc) is 3.46. The third kappa shape index (κ3) is 2.91. The largest absolute Gasteiger partial charge is 0.348 e. The lowest BCUT2D eigenvalue weighted by molar-refractivity contribution is 0.0962. The summed E-state index contributed by atoms with van der Waals surface area (Å²) in [7, 11) is 0. The van der Waals surface area contributed by atoms with Crippen LogP contribution in [0.3, 0.4) is 0 Å². The molecule has 140 valence electrons. The number of rotatable bonds is 4. The van der Waals surface area contributed by atoms with Gasteiger partial charge in [-0.05, 0) is 60.7 Å². The number of carbonyl (C=O) groups excluding carboxylic acids is 1. The van der Waals surface area contributed by atoms with Crippen molar-refractivity contribution in [3.8, 4) is 11.1 Å². The van der Waals surface area contributed by atoms with Crippen molar-refractivity contribution in [2.75, 3.05) is 5.32 Å². The van der Waals surface area contributed by atoms with E-state index in [1.165, 1.54) is 18.9 Å². The van der Waals surface area contributed by atoms with Crippen molar-refractivity contribution in [2.45, 2.75) is 32.2 Å². The van der Waals surface area contributed by atoms with Crippen LogP contribution in [-0.2, 0) is 6.54 Å². The molecule has 1 amide bonds. The molecule has 0 unspecified atom stereocenters. The van der Waals surface area contributed by atoms with Gasteiger partial charge in [0.1, 0.15) is 11.6 Å². The van der Waals surface area contributed by atoms with Gasteiger partial charge in [-0.15, -0.1) is 0 Å². The second-order valence-electron chi connectivity index (χ2n) is 7.39. The minimum absolute atomic E-state index is 0.140. The molecule has 0 saturated heterocycles. The van der Waals surface area contributed by atoms with E-state index >= 15 is 0 Å². The monoisotopic (exact) mass is 374 g/mol. The Morgan fingerprint density at radius 3 is 2.68 bits per heavy atom. The van der Waals surface area contributed by atoms with E-state index in [2.05, 4.69) is 26.7 Å². The Labute approximate surface area is 162 Å². The Morgan fingerprint density at radius 2 is 1.96 bits per heavy atom. The number of anilines is 2. The highest BCUT2D eigenvalue weighted by Crippen LogP contribution is 2.39. The number of halogens is 1. The van der Waals surface area contributed by atoms with Gasteiger partial charge in [-0.25, -0.2) is 9.37 Å². The number of amides is 1. The number of hydrogen-bond donors (Lipinski definition) is 2. The zero-order valence-corrected chi connectivity index (χ0v) is 15.4. The summed E-state index contributed by atoms with van der Waals surface area (Å²) in [5.41, 5.74) is 5.59. The Hall–Kier alpha value is -3.28. The van der Waals surface area contributed by atoms with E-state index in [1.54, 1.807) is 12.3 Å². The maximum absolute atomic E-state index is 14.0. The fourth-order valence-corrected chi connectivity index (χ4v) is 3.71. The summed E-state index contributed by atoms with van der Waals surface area (Å²) in [4.78, 5) is 20.9. The van der Waals surface area contributed by atoms with E-state index < -0.39 is 5.82 Å². The minimum atomic E-state index is -0.486. The van der Waals surface area contributed by atoms with Crippen molar-refractivity contribution >= 4 is 17.4 Å². The predicted octanol–water partition coefficient (Wildman–Crippen LogP) is 4.46. The van der Waals surface area contributed by atoms with Crippen LogP contribution < -0.4 is 10.6 Å². The topological polar surface area (TPSA) is 66.9 Å². The number of nitrogens with zero attached hydrogens (tertiary/aromatic N) is 2. The molecule has 3 heterocycles. The van der Waals surface area contributed by atoms with E-state index in [-0.39, 0.29) is 11.5 Å². The number of carbonyl (C=O) groups is 1. The van der Waals surface area contributed by atoms with Crippen molar-refractivity contribution in [1.29, 1.82) is 0 Å². The highest BCUT2D eigenvalue weighted by molar-refractivity contribution is 6.01. The number of benzene rings is 1. The predicted molar refractivity (Wildman–Crippen MR) is 105 cm³/mol. The normalized spacial score (nSPS) is 15.3. The summed E-state index contributed by atoms with van der Waals surface area (Å²) >= 11 is 0. The summed E-state index contributed by atoms with van der Waals surface area (Å²) in [6, 6.07) is 9.09. The first-order valence-electron chi connectivity index (χ1n) is 9.40. The first-order valence-corrected chi connectivity index (χ1v) is 9.40. The maximum Gasteiger partial charge on any atom is 0.254 e. The van der Waals surface area contributed by atoms with Gasteiger partial charge in [-0.1, -0.05) is 6.07 Å². The number of aryl methyl sites for hydroxylation is 1. The van der Waals surface area contributed by atoms with Crippen LogP contribution in [0.2, 0.25) is 0 Å². The molecule has 2 N–H and O–H groups in total. The Morgan fingerprint density at radius 1 is 1.11 bits per heavy atom. The molecule has 3 aromatic rings. The van der Waals surface area contributed by atoms with Gasteiger partial charge in [-0.3, -0.25) is 9.78 Å². The number of aromatic nitrogens is 2. The van der Waals surface area contributed by atoms with Gasteiger partial charge in [0.25, 0.3) is 5.91 Å². The van der Waals surface area contributed by atoms with Gasteiger partial charge in [0.05, 0.1) is 17.4 Å². The molecule has 28 heavy (non-hydrogen) atoms. The van der Waals surface area contributed by atoms with Crippen LogP contribution in [-0.4, -0.2) is 15.9 Å². The van der Waals surface area contributed by atoms with Gasteiger partial charge < -0.3 is 10.6 Å². The zero-order chi connectivity index (χ0) is 19.3. The van der Waals surface area contributed by atoms with Crippen LogP contribution in [0.4, 0.5) is 15.9 Å². The van der Waals surface area contributed by atoms with Crippen LogP contribution in [0.5, 0.6) is 0 Å². The number of nitrogens with one attached hydrogen (secondary N) is 2. The molecule has 1 saturated carbocycles. The van der Waals surface area contributed by atoms with Crippen LogP contribution in [0, 0.1) is 12.7 Å². The maximum atomic E-state index is 14.0. The second-order valence-corrected chi connectivity index (χ2v) is 7.39. The van der Waals surface area contributed by atoms with Crippen LogP contribution in [0.25, 0.3) is 11.1 Å². The van der Waals surface area contributed by atoms with E-state index in [1.807, 2.05) is 25.3 Å². The van der Waals surface area contributed by atoms with Crippen molar-refractivity contribution in [1.82, 2.24) is 15.3 Å². The fraction of sp³-hybridized carbons (Fsp3) is 0.227. The van der Waals surface area contributed by atoms with Crippen LogP contribution in [0.1, 0.15) is 45.9 Å². The first kappa shape index (κ1) is 16.9. The molecule has 6 heteroatoms. The van der Waals surface area contributed by atoms with E-state index in [4.69, 9.17) is 0 Å². The van der Waals surface area contributed by atoms with Crippen molar-refractivity contribution in [3.63, 3.8) is 0 Å². The molecule has 0 atom stereocenters. The van der Waals surface area contributed by atoms with Gasteiger partial charge in [0.15, 0.2) is 0 Å². The molecular weight excluding hydrogens is 355 g/mol. The quantitative estimate of drug-likeness (QED) is 0.708. The summed E-state index contributed by atoms with van der Waals surface area (Å²) in [5, 5.41) is 5.98. The number of fused-ring (bicyclic) bond motifs is 1. The molecule has 1 aliphatic carbocycles. The average molecular weight is 374 g/mol. The molecule has 5 rings (SSSR count). The Bertz CT molecular complexity index is 1090. The van der Waals surface area contributed by atoms with Gasteiger partial charge >= 0.3 is 0 Å². The molecule has 1 aromatic carbocycles. The summed E-state index contributed by atoms with van der Waals surface area (Å²) < 4.78 is 14.0. The van der Waals surface area contributed by atoms with E-state index in [9.17, 15) is 9.18 Å². The van der Waals surface area contributed by atoms with Gasteiger partial charge in [0, 0.05) is 29.9 Å². The van der Waals surface area contributed by atoms with E-state index in [0.29, 0.717) is 18.0 Å². The summed E-state index contributed by atoms with van der Waals surface area (Å²) in [6.45, 7) is 2.32. The second kappa shape index (κ2) is 6.41. The minimum Gasteiger partial charge on any atom is -0.348 e. The number of pyridine rings is 2. The fourth-order valence-electron chi connectivity index (χ4n) is 3.71. The smallest absolute Gasteiger partial charge is 0.254 e. The SMILES string of the molecule is Cc1cc(Nc2ccc(C3CC3)nc2)ncc1-c1ccc(F)c2c1CNC2=O. The molecule has 2 aromatic heterocycles. The highest BCUT2D eigenvalue weighted by Gasteiger charge is 2.27. The number of hydrogen-bond acceptors (Lipinski definition) is 4. The van der Waals surface area contributed by atoms with Crippen molar-refractivity contribution < 1.29 is 9.18 Å². The molecule has 0 spiro atoms. The van der Waals surface area contributed by atoms with Gasteiger partial charge in [-0.2, -0.15) is 0 Å².